The highest BCUT2D eigenvalue weighted by atomic mass is 32.2. The number of aliphatic hydroxyl groups is 1. The minimum atomic E-state index is -0.762. The van der Waals surface area contributed by atoms with E-state index in [4.69, 9.17) is 18.9 Å². The van der Waals surface area contributed by atoms with Gasteiger partial charge in [0.05, 0.1) is 18.4 Å². The van der Waals surface area contributed by atoms with Crippen molar-refractivity contribution in [2.24, 2.45) is 0 Å². The highest BCUT2D eigenvalue weighted by molar-refractivity contribution is 7.99. The van der Waals surface area contributed by atoms with Crippen LogP contribution in [0.15, 0.2) is 103 Å². The molecule has 0 aliphatic heterocycles. The van der Waals surface area contributed by atoms with Crippen LogP contribution in [0, 0.1) is 0 Å². The molecule has 0 heterocycles. The Kier molecular flexibility index (Phi) is 11.6. The number of rotatable bonds is 15. The third-order valence-corrected chi connectivity index (χ3v) is 6.26. The van der Waals surface area contributed by atoms with E-state index in [9.17, 15) is 14.7 Å². The van der Waals surface area contributed by atoms with Gasteiger partial charge in [-0.05, 0) is 53.1 Å². The van der Waals surface area contributed by atoms with Gasteiger partial charge in [0.1, 0.15) is 30.1 Å². The van der Waals surface area contributed by atoms with Crippen LogP contribution in [0.25, 0.3) is 11.1 Å². The summed E-state index contributed by atoms with van der Waals surface area (Å²) in [6.07, 6.45) is 1.07. The molecular formula is C30H30O8S. The lowest BCUT2D eigenvalue weighted by atomic mass is 10.1. The summed E-state index contributed by atoms with van der Waals surface area (Å²) in [4.78, 5) is 23.9. The van der Waals surface area contributed by atoms with E-state index in [0.717, 1.165) is 27.8 Å². The van der Waals surface area contributed by atoms with E-state index in [1.165, 1.54) is 18.9 Å². The first-order valence-electron chi connectivity index (χ1n) is 11.9. The van der Waals surface area contributed by atoms with Crippen molar-refractivity contribution >= 4 is 23.7 Å². The first-order valence-corrected chi connectivity index (χ1v) is 12.8. The molecule has 0 aromatic heterocycles. The second-order valence-corrected chi connectivity index (χ2v) is 9.21. The highest BCUT2D eigenvalue weighted by Gasteiger charge is 2.11. The van der Waals surface area contributed by atoms with Gasteiger partial charge in [-0.25, -0.2) is 9.59 Å². The van der Waals surface area contributed by atoms with Crippen molar-refractivity contribution in [2.75, 3.05) is 33.5 Å². The monoisotopic (exact) mass is 550 g/mol. The van der Waals surface area contributed by atoms with Crippen LogP contribution < -0.4 is 9.47 Å². The summed E-state index contributed by atoms with van der Waals surface area (Å²) in [7, 11) is 1.48. The van der Waals surface area contributed by atoms with Crippen LogP contribution >= 0.6 is 11.8 Å². The molecule has 0 fully saturated rings. The lowest BCUT2D eigenvalue weighted by molar-refractivity contribution is -0.141. The number of hydrogen-bond donors (Lipinski definition) is 1. The summed E-state index contributed by atoms with van der Waals surface area (Å²) < 4.78 is 25.5. The van der Waals surface area contributed by atoms with E-state index >= 15 is 0 Å². The molecule has 1 atom stereocenters. The molecule has 1 unspecified atom stereocenters. The van der Waals surface area contributed by atoms with Gasteiger partial charge in [0.25, 0.3) is 0 Å². The third-order valence-electron chi connectivity index (χ3n) is 5.22. The number of aliphatic hydroxyl groups excluding tert-OH is 1. The third kappa shape index (κ3) is 9.64. The second-order valence-electron chi connectivity index (χ2n) is 8.05. The van der Waals surface area contributed by atoms with Crippen molar-refractivity contribution in [1.82, 2.24) is 0 Å². The van der Waals surface area contributed by atoms with Crippen LogP contribution in [0.3, 0.4) is 0 Å². The van der Waals surface area contributed by atoms with E-state index in [1.54, 1.807) is 36.4 Å². The Morgan fingerprint density at radius 2 is 1.46 bits per heavy atom. The fourth-order valence-electron chi connectivity index (χ4n) is 3.29. The van der Waals surface area contributed by atoms with Crippen LogP contribution in [0.2, 0.25) is 0 Å². The predicted molar refractivity (Wildman–Crippen MR) is 148 cm³/mol. The Bertz CT molecular complexity index is 1240. The number of thioether (sulfide) groups is 1. The summed E-state index contributed by atoms with van der Waals surface area (Å²) in [5.74, 6) is 0.116. The molecule has 0 aliphatic rings. The van der Waals surface area contributed by atoms with Crippen LogP contribution in [0.4, 0.5) is 0 Å². The Labute approximate surface area is 231 Å². The molecule has 0 saturated heterocycles. The molecule has 0 aliphatic carbocycles. The zero-order valence-electron chi connectivity index (χ0n) is 21.5. The molecule has 9 heteroatoms. The second kappa shape index (κ2) is 15.4. The van der Waals surface area contributed by atoms with Crippen molar-refractivity contribution < 1.29 is 38.4 Å². The van der Waals surface area contributed by atoms with E-state index in [-0.39, 0.29) is 32.0 Å². The molecule has 0 bridgehead atoms. The van der Waals surface area contributed by atoms with Gasteiger partial charge in [-0.1, -0.05) is 61.3 Å². The molecule has 0 amide bonds. The summed E-state index contributed by atoms with van der Waals surface area (Å²) in [5.41, 5.74) is 2.20. The van der Waals surface area contributed by atoms with Crippen molar-refractivity contribution in [3.05, 3.63) is 103 Å². The fraction of sp³-hybridized carbons (Fsp3) is 0.200. The minimum absolute atomic E-state index is 0.0856. The molecule has 39 heavy (non-hydrogen) atoms. The number of carbonyl (C=O) groups is 2. The highest BCUT2D eigenvalue weighted by Crippen LogP contribution is 2.35. The van der Waals surface area contributed by atoms with E-state index in [1.807, 2.05) is 36.4 Å². The standard InChI is InChI=1S/C30H30O8S/c1-4-35-28(31)20-38-26-11-5-22(6-12-26)23-9-15-27(16-10-23)39-30(33)24-7-13-25(14-8-24)36-17-18-37-29(32)21(2)19-34-3/h4-16,30,33H,1-2,17-20H2,3H3. The fourth-order valence-corrected chi connectivity index (χ4v) is 4.14. The van der Waals surface area contributed by atoms with Crippen LogP contribution in [0.1, 0.15) is 11.0 Å². The maximum absolute atomic E-state index is 11.7. The van der Waals surface area contributed by atoms with E-state index in [0.29, 0.717) is 11.5 Å². The molecule has 1 N–H and O–H groups in total. The van der Waals surface area contributed by atoms with Crippen LogP contribution in [-0.4, -0.2) is 50.6 Å². The molecule has 0 saturated carbocycles. The topological polar surface area (TPSA) is 101 Å². The molecule has 204 valence electrons. The Hall–Kier alpha value is -4.05. The van der Waals surface area contributed by atoms with Gasteiger partial charge in [0.15, 0.2) is 6.61 Å². The molecule has 0 spiro atoms. The summed E-state index contributed by atoms with van der Waals surface area (Å²) in [5, 5.41) is 10.7. The maximum atomic E-state index is 11.7. The van der Waals surface area contributed by atoms with E-state index in [2.05, 4.69) is 17.9 Å². The largest absolute Gasteiger partial charge is 0.490 e. The molecule has 3 rings (SSSR count). The normalized spacial score (nSPS) is 11.2. The average Bonchev–Trinajstić information content (AvgIpc) is 2.95. The summed E-state index contributed by atoms with van der Waals surface area (Å²) in [6, 6.07) is 22.3. The number of methoxy groups -OCH3 is 1. The van der Waals surface area contributed by atoms with Gasteiger partial charge in [-0.3, -0.25) is 0 Å². The minimum Gasteiger partial charge on any atom is -0.490 e. The zero-order valence-corrected chi connectivity index (χ0v) is 22.4. The molecule has 8 nitrogen and oxygen atoms in total. The van der Waals surface area contributed by atoms with Crippen molar-refractivity contribution in [2.45, 2.75) is 10.3 Å². The van der Waals surface area contributed by atoms with Gasteiger partial charge in [-0.15, -0.1) is 0 Å². The van der Waals surface area contributed by atoms with Crippen molar-refractivity contribution in [1.29, 1.82) is 0 Å². The number of carbonyl (C=O) groups excluding carboxylic acids is 2. The summed E-state index contributed by atoms with van der Waals surface area (Å²) in [6.45, 7) is 7.12. The van der Waals surface area contributed by atoms with Gasteiger partial charge >= 0.3 is 11.9 Å². The summed E-state index contributed by atoms with van der Waals surface area (Å²) >= 11 is 1.32. The van der Waals surface area contributed by atoms with Gasteiger partial charge in [0.2, 0.25) is 0 Å². The Balaban J connectivity index is 1.46. The maximum Gasteiger partial charge on any atom is 0.348 e. The van der Waals surface area contributed by atoms with Crippen LogP contribution in [0.5, 0.6) is 11.5 Å². The number of esters is 2. The number of benzene rings is 3. The van der Waals surface area contributed by atoms with E-state index < -0.39 is 17.4 Å². The van der Waals surface area contributed by atoms with Gasteiger partial charge in [0, 0.05) is 12.0 Å². The van der Waals surface area contributed by atoms with Gasteiger partial charge in [-0.2, -0.15) is 0 Å². The van der Waals surface area contributed by atoms with Crippen molar-refractivity contribution in [3.63, 3.8) is 0 Å². The molecule has 3 aromatic carbocycles. The zero-order chi connectivity index (χ0) is 28.0. The van der Waals surface area contributed by atoms with Crippen molar-refractivity contribution in [3.8, 4) is 22.6 Å². The first-order chi connectivity index (χ1) is 18.9. The molecule has 3 aromatic rings. The smallest absolute Gasteiger partial charge is 0.348 e. The molecule has 0 radical (unpaired) electrons. The first kappa shape index (κ1) is 29.5. The Morgan fingerprint density at radius 1 is 0.872 bits per heavy atom. The molecular weight excluding hydrogens is 520 g/mol. The Morgan fingerprint density at radius 3 is 2.08 bits per heavy atom. The average molecular weight is 551 g/mol. The lowest BCUT2D eigenvalue weighted by Gasteiger charge is -2.13. The van der Waals surface area contributed by atoms with Crippen LogP contribution in [-0.2, 0) is 23.8 Å². The predicted octanol–water partition coefficient (Wildman–Crippen LogP) is 5.33. The SMILES string of the molecule is C=COC(=O)COc1ccc(-c2ccc(SC(O)c3ccc(OCCOC(=O)C(=C)COC)cc3)cc2)cc1. The number of hydrogen-bond acceptors (Lipinski definition) is 9. The lowest BCUT2D eigenvalue weighted by Crippen LogP contribution is -2.15. The number of ether oxygens (including phenoxy) is 5. The quantitative estimate of drug-likeness (QED) is 0.0672. The van der Waals surface area contributed by atoms with Gasteiger partial charge < -0.3 is 28.8 Å².